The van der Waals surface area contributed by atoms with Crippen molar-refractivity contribution in [3.05, 3.63) is 23.8 Å². The Labute approximate surface area is 232 Å². The number of rotatable bonds is 6. The second-order valence-electron chi connectivity index (χ2n) is 13.4. The van der Waals surface area contributed by atoms with E-state index in [1.54, 1.807) is 4.57 Å². The summed E-state index contributed by atoms with van der Waals surface area (Å²) in [5.74, 6) is 0.213. The maximum atomic E-state index is 12.9. The second-order valence-corrected chi connectivity index (χ2v) is 24.4. The fraction of sp³-hybridized carbons (Fsp3) is 0.708. The van der Waals surface area contributed by atoms with Gasteiger partial charge in [-0.05, 0) is 36.3 Å². The minimum atomic E-state index is -4.11. The van der Waals surface area contributed by atoms with Gasteiger partial charge in [-0.2, -0.15) is 8.42 Å². The Morgan fingerprint density at radius 1 is 1.03 bits per heavy atom. The summed E-state index contributed by atoms with van der Waals surface area (Å²) in [6.45, 7) is 21.1. The number of fused-ring (bicyclic) bond motifs is 1. The SMILES string of the molecule is CC(C)(C)[Si](C)(C)OCC1OC(n2cnc3c(N)ncnc32)C(O[Si](C)(C)C(C)(C)C)C12OS(=O)(=O)C=C2N. The summed E-state index contributed by atoms with van der Waals surface area (Å²) in [6.07, 6.45) is 0.112. The molecule has 2 aromatic heterocycles. The topological polar surface area (TPSA) is 167 Å². The van der Waals surface area contributed by atoms with Crippen molar-refractivity contribution in [2.45, 2.75) is 102 Å². The predicted octanol–water partition coefficient (Wildman–Crippen LogP) is 3.62. The standard InChI is InChI=1S/C24H42N6O6SSi2/c1-22(2,3)38(7,8)33-11-16-24(15(25)12-37(31,32)36-24)18(35-39(9,10)23(4,5)6)21(34-16)30-14-29-17-19(26)27-13-28-20(17)30/h12-14,16,18,21H,11,25H2,1-10H3,(H2,26,27,28). The van der Waals surface area contributed by atoms with E-state index in [0.717, 1.165) is 5.41 Å². The molecule has 12 nitrogen and oxygen atoms in total. The molecule has 1 fully saturated rings. The van der Waals surface area contributed by atoms with E-state index in [2.05, 4.69) is 82.7 Å². The van der Waals surface area contributed by atoms with Gasteiger partial charge in [-0.3, -0.25) is 4.57 Å². The first-order chi connectivity index (χ1) is 17.6. The maximum absolute atomic E-state index is 12.9. The first-order valence-electron chi connectivity index (χ1n) is 13.0. The molecular weight excluding hydrogens is 557 g/mol. The average molecular weight is 599 g/mol. The molecule has 2 aromatic rings. The lowest BCUT2D eigenvalue weighted by atomic mass is 9.89. The quantitative estimate of drug-likeness (QED) is 0.368. The number of imidazole rings is 1. The number of hydrogen-bond acceptors (Lipinski definition) is 11. The molecule has 1 spiro atoms. The molecule has 4 N–H and O–H groups in total. The van der Waals surface area contributed by atoms with Crippen LogP contribution in [0.4, 0.5) is 5.82 Å². The highest BCUT2D eigenvalue weighted by Crippen LogP contribution is 2.52. The highest BCUT2D eigenvalue weighted by molar-refractivity contribution is 7.90. The number of nitrogens with zero attached hydrogens (tertiary/aromatic N) is 4. The fourth-order valence-corrected chi connectivity index (χ4v) is 7.78. The van der Waals surface area contributed by atoms with Crippen molar-refractivity contribution in [3.8, 4) is 0 Å². The smallest absolute Gasteiger partial charge is 0.292 e. The van der Waals surface area contributed by atoms with E-state index in [9.17, 15) is 8.42 Å². The molecule has 0 aromatic carbocycles. The molecule has 15 heteroatoms. The molecule has 39 heavy (non-hydrogen) atoms. The summed E-state index contributed by atoms with van der Waals surface area (Å²) >= 11 is 0. The minimum absolute atomic E-state index is 0.0103. The van der Waals surface area contributed by atoms with Crippen LogP contribution in [0.3, 0.4) is 0 Å². The van der Waals surface area contributed by atoms with Crippen LogP contribution in [0, 0.1) is 0 Å². The van der Waals surface area contributed by atoms with Crippen LogP contribution in [0.5, 0.6) is 0 Å². The fourth-order valence-electron chi connectivity index (χ4n) is 4.27. The highest BCUT2D eigenvalue weighted by atomic mass is 32.2. The predicted molar refractivity (Wildman–Crippen MR) is 154 cm³/mol. The van der Waals surface area contributed by atoms with Crippen molar-refractivity contribution in [3.63, 3.8) is 0 Å². The molecule has 0 aliphatic carbocycles. The monoisotopic (exact) mass is 598 g/mol. The molecule has 4 rings (SSSR count). The van der Waals surface area contributed by atoms with Gasteiger partial charge in [0.25, 0.3) is 10.1 Å². The van der Waals surface area contributed by atoms with Gasteiger partial charge in [-0.15, -0.1) is 0 Å². The molecule has 2 aliphatic rings. The summed E-state index contributed by atoms with van der Waals surface area (Å²) in [6, 6.07) is 0. The number of ether oxygens (including phenoxy) is 1. The summed E-state index contributed by atoms with van der Waals surface area (Å²) in [5.41, 5.74) is 11.8. The molecule has 0 saturated carbocycles. The summed E-state index contributed by atoms with van der Waals surface area (Å²) in [4.78, 5) is 12.8. The molecule has 218 valence electrons. The second kappa shape index (κ2) is 9.32. The molecule has 2 aliphatic heterocycles. The Morgan fingerprint density at radius 2 is 1.64 bits per heavy atom. The normalized spacial score (nSPS) is 27.9. The van der Waals surface area contributed by atoms with Crippen molar-refractivity contribution in [1.82, 2.24) is 19.5 Å². The average Bonchev–Trinajstić information content (AvgIpc) is 3.38. The van der Waals surface area contributed by atoms with Crippen molar-refractivity contribution in [2.24, 2.45) is 5.73 Å². The Morgan fingerprint density at radius 3 is 2.18 bits per heavy atom. The molecule has 1 saturated heterocycles. The number of hydrogen-bond donors (Lipinski definition) is 2. The van der Waals surface area contributed by atoms with Crippen LogP contribution in [0.15, 0.2) is 23.8 Å². The van der Waals surface area contributed by atoms with Gasteiger partial charge in [-0.25, -0.2) is 19.1 Å². The van der Waals surface area contributed by atoms with Gasteiger partial charge in [0.15, 0.2) is 39.9 Å². The zero-order chi connectivity index (χ0) is 29.4. The van der Waals surface area contributed by atoms with Gasteiger partial charge in [0.05, 0.1) is 24.0 Å². The van der Waals surface area contributed by atoms with E-state index in [0.29, 0.717) is 11.2 Å². The Balaban J connectivity index is 1.89. The number of nitrogen functional groups attached to an aromatic ring is 1. The highest BCUT2D eigenvalue weighted by Gasteiger charge is 2.67. The van der Waals surface area contributed by atoms with Crippen LogP contribution >= 0.6 is 0 Å². The van der Waals surface area contributed by atoms with Gasteiger partial charge in [-0.1, -0.05) is 41.5 Å². The van der Waals surface area contributed by atoms with Crippen molar-refractivity contribution >= 4 is 43.7 Å². The number of aromatic nitrogens is 4. The molecule has 4 atom stereocenters. The number of nitrogens with two attached hydrogens (primary N) is 2. The molecule has 0 bridgehead atoms. The summed E-state index contributed by atoms with van der Waals surface area (Å²) in [7, 11) is -8.94. The van der Waals surface area contributed by atoms with Crippen LogP contribution in [-0.2, 0) is 27.9 Å². The van der Waals surface area contributed by atoms with Crippen molar-refractivity contribution < 1.29 is 26.2 Å². The third-order valence-electron chi connectivity index (χ3n) is 8.73. The Bertz CT molecular complexity index is 1400. The van der Waals surface area contributed by atoms with E-state index < -0.39 is 50.8 Å². The first kappa shape index (κ1) is 30.1. The van der Waals surface area contributed by atoms with E-state index in [1.165, 1.54) is 12.7 Å². The minimum Gasteiger partial charge on any atom is -0.414 e. The zero-order valence-electron chi connectivity index (χ0n) is 24.5. The van der Waals surface area contributed by atoms with Gasteiger partial charge in [0.2, 0.25) is 0 Å². The van der Waals surface area contributed by atoms with E-state index in [-0.39, 0.29) is 28.2 Å². The van der Waals surface area contributed by atoms with Gasteiger partial charge in [0.1, 0.15) is 24.1 Å². The summed E-state index contributed by atoms with van der Waals surface area (Å²) < 4.78 is 53.5. The van der Waals surface area contributed by atoms with Crippen molar-refractivity contribution in [2.75, 3.05) is 12.3 Å². The molecule has 0 radical (unpaired) electrons. The van der Waals surface area contributed by atoms with E-state index >= 15 is 0 Å². The molecule has 4 unspecified atom stereocenters. The van der Waals surface area contributed by atoms with Crippen LogP contribution in [0.2, 0.25) is 36.3 Å². The molecule has 4 heterocycles. The lowest BCUT2D eigenvalue weighted by Crippen LogP contribution is -2.59. The van der Waals surface area contributed by atoms with E-state index in [1.807, 2.05) is 0 Å². The van der Waals surface area contributed by atoms with Crippen LogP contribution in [0.1, 0.15) is 47.8 Å². The van der Waals surface area contributed by atoms with Gasteiger partial charge >= 0.3 is 0 Å². The lowest BCUT2D eigenvalue weighted by Gasteiger charge is -2.43. The largest absolute Gasteiger partial charge is 0.414 e. The molecule has 0 amide bonds. The van der Waals surface area contributed by atoms with Gasteiger partial charge < -0.3 is 25.1 Å². The Hall–Kier alpha value is -1.89. The van der Waals surface area contributed by atoms with E-state index in [4.69, 9.17) is 29.2 Å². The first-order valence-corrected chi connectivity index (χ1v) is 20.3. The number of anilines is 1. The third-order valence-corrected chi connectivity index (χ3v) is 18.7. The van der Waals surface area contributed by atoms with Crippen LogP contribution in [-0.4, -0.2) is 69.0 Å². The van der Waals surface area contributed by atoms with Crippen LogP contribution < -0.4 is 11.5 Å². The Kier molecular flexibility index (Phi) is 7.19. The van der Waals surface area contributed by atoms with Crippen molar-refractivity contribution in [1.29, 1.82) is 0 Å². The third kappa shape index (κ3) is 5.06. The zero-order valence-corrected chi connectivity index (χ0v) is 27.3. The van der Waals surface area contributed by atoms with Crippen LogP contribution in [0.25, 0.3) is 11.2 Å². The summed E-state index contributed by atoms with van der Waals surface area (Å²) in [5, 5.41) is 0.647. The lowest BCUT2D eigenvalue weighted by molar-refractivity contribution is -0.0535. The molecular formula is C24H42N6O6SSi2. The van der Waals surface area contributed by atoms with Gasteiger partial charge in [0, 0.05) is 0 Å². The maximum Gasteiger partial charge on any atom is 0.292 e.